The second-order valence-corrected chi connectivity index (χ2v) is 4.83. The van der Waals surface area contributed by atoms with Gasteiger partial charge in [0.15, 0.2) is 0 Å². The minimum absolute atomic E-state index is 0. The third-order valence-electron chi connectivity index (χ3n) is 3.24. The summed E-state index contributed by atoms with van der Waals surface area (Å²) in [6, 6.07) is 8.34. The van der Waals surface area contributed by atoms with Crippen molar-refractivity contribution < 1.29 is 4.79 Å². The highest BCUT2D eigenvalue weighted by Gasteiger charge is 2.24. The Morgan fingerprint density at radius 1 is 1.50 bits per heavy atom. The first-order valence-electron chi connectivity index (χ1n) is 6.21. The molecule has 0 bridgehead atoms. The Bertz CT molecular complexity index is 403. The number of halogens is 1. The van der Waals surface area contributed by atoms with Gasteiger partial charge in [-0.1, -0.05) is 29.8 Å². The van der Waals surface area contributed by atoms with Gasteiger partial charge in [0.2, 0.25) is 5.91 Å². The molecule has 0 spiro atoms. The zero-order valence-electron chi connectivity index (χ0n) is 11.0. The van der Waals surface area contributed by atoms with Crippen LogP contribution < -0.4 is 5.32 Å². The van der Waals surface area contributed by atoms with E-state index in [-0.39, 0.29) is 24.4 Å². The second-order valence-electron chi connectivity index (χ2n) is 4.83. The fraction of sp³-hybridized carbons (Fsp3) is 0.500. The molecule has 4 heteroatoms. The van der Waals surface area contributed by atoms with Gasteiger partial charge in [-0.2, -0.15) is 0 Å². The summed E-state index contributed by atoms with van der Waals surface area (Å²) in [4.78, 5) is 13.9. The summed E-state index contributed by atoms with van der Waals surface area (Å²) in [6.07, 6.45) is 2.08. The molecule has 1 aromatic carbocycles. The number of amides is 1. The Morgan fingerprint density at radius 3 is 2.89 bits per heavy atom. The van der Waals surface area contributed by atoms with E-state index in [0.29, 0.717) is 6.54 Å². The standard InChI is InChI=1S/C14H20N2O.ClH/c1-11-5-3-6-12(9-11)10-16(2)14(17)13-7-4-8-15-13;/h3,5-6,9,13,15H,4,7-8,10H2,1-2H3;1H. The Morgan fingerprint density at radius 2 is 2.28 bits per heavy atom. The highest BCUT2D eigenvalue weighted by atomic mass is 35.5. The summed E-state index contributed by atoms with van der Waals surface area (Å²) in [5.74, 6) is 0.212. The molecule has 1 aliphatic heterocycles. The lowest BCUT2D eigenvalue weighted by molar-refractivity contribution is -0.132. The first-order chi connectivity index (χ1) is 8.16. The molecule has 1 amide bonds. The molecule has 2 rings (SSSR count). The van der Waals surface area contributed by atoms with E-state index in [2.05, 4.69) is 30.4 Å². The van der Waals surface area contributed by atoms with E-state index in [1.165, 1.54) is 11.1 Å². The molecule has 1 unspecified atom stereocenters. The van der Waals surface area contributed by atoms with Crippen LogP contribution in [0, 0.1) is 6.92 Å². The van der Waals surface area contributed by atoms with Gasteiger partial charge in [-0.25, -0.2) is 0 Å². The molecule has 1 saturated heterocycles. The van der Waals surface area contributed by atoms with Gasteiger partial charge in [0.25, 0.3) is 0 Å². The van der Waals surface area contributed by atoms with Crippen LogP contribution >= 0.6 is 12.4 Å². The van der Waals surface area contributed by atoms with Crippen LogP contribution in [0.2, 0.25) is 0 Å². The predicted octanol–water partition coefficient (Wildman–Crippen LogP) is 2.13. The normalized spacial score (nSPS) is 18.2. The number of rotatable bonds is 3. The third kappa shape index (κ3) is 3.72. The molecule has 1 aromatic rings. The Hall–Kier alpha value is -1.06. The number of benzene rings is 1. The van der Waals surface area contributed by atoms with Crippen molar-refractivity contribution in [2.75, 3.05) is 13.6 Å². The van der Waals surface area contributed by atoms with Crippen molar-refractivity contribution in [1.82, 2.24) is 10.2 Å². The molecule has 1 N–H and O–H groups in total. The van der Waals surface area contributed by atoms with Crippen molar-refractivity contribution in [3.8, 4) is 0 Å². The number of carbonyl (C=O) groups is 1. The maximum atomic E-state index is 12.1. The van der Waals surface area contributed by atoms with E-state index in [4.69, 9.17) is 0 Å². The molecule has 0 aromatic heterocycles. The molecule has 1 aliphatic rings. The van der Waals surface area contributed by atoms with Crippen molar-refractivity contribution in [3.05, 3.63) is 35.4 Å². The molecule has 0 aliphatic carbocycles. The van der Waals surface area contributed by atoms with E-state index in [1.54, 1.807) is 0 Å². The molecule has 18 heavy (non-hydrogen) atoms. The minimum Gasteiger partial charge on any atom is -0.340 e. The molecular formula is C14H21ClN2O. The fourth-order valence-corrected chi connectivity index (χ4v) is 2.32. The maximum Gasteiger partial charge on any atom is 0.239 e. The van der Waals surface area contributed by atoms with Gasteiger partial charge < -0.3 is 10.2 Å². The summed E-state index contributed by atoms with van der Waals surface area (Å²) in [5, 5.41) is 3.24. The number of nitrogens with one attached hydrogen (secondary N) is 1. The quantitative estimate of drug-likeness (QED) is 0.911. The largest absolute Gasteiger partial charge is 0.340 e. The molecule has 100 valence electrons. The lowest BCUT2D eigenvalue weighted by Crippen LogP contribution is -2.41. The summed E-state index contributed by atoms with van der Waals surface area (Å²) in [5.41, 5.74) is 2.43. The zero-order valence-corrected chi connectivity index (χ0v) is 11.8. The average molecular weight is 269 g/mol. The van der Waals surface area contributed by atoms with E-state index < -0.39 is 0 Å². The van der Waals surface area contributed by atoms with Crippen LogP contribution in [0.1, 0.15) is 24.0 Å². The summed E-state index contributed by atoms with van der Waals surface area (Å²) >= 11 is 0. The topological polar surface area (TPSA) is 32.3 Å². The minimum atomic E-state index is 0. The van der Waals surface area contributed by atoms with Gasteiger partial charge >= 0.3 is 0 Å². The number of aryl methyl sites for hydroxylation is 1. The summed E-state index contributed by atoms with van der Waals surface area (Å²) in [6.45, 7) is 3.73. The number of nitrogens with zero attached hydrogens (tertiary/aromatic N) is 1. The fourth-order valence-electron chi connectivity index (χ4n) is 2.32. The number of hydrogen-bond acceptors (Lipinski definition) is 2. The van der Waals surface area contributed by atoms with Crippen molar-refractivity contribution in [2.45, 2.75) is 32.4 Å². The molecule has 0 radical (unpaired) electrons. The van der Waals surface area contributed by atoms with Crippen LogP contribution in [0.3, 0.4) is 0 Å². The van der Waals surface area contributed by atoms with Gasteiger partial charge in [0.05, 0.1) is 6.04 Å². The Labute approximate surface area is 115 Å². The zero-order chi connectivity index (χ0) is 12.3. The van der Waals surface area contributed by atoms with Crippen molar-refractivity contribution in [2.24, 2.45) is 0 Å². The smallest absolute Gasteiger partial charge is 0.239 e. The van der Waals surface area contributed by atoms with Crippen molar-refractivity contribution >= 4 is 18.3 Å². The predicted molar refractivity (Wildman–Crippen MR) is 75.9 cm³/mol. The molecule has 1 heterocycles. The molecule has 1 atom stereocenters. The Balaban J connectivity index is 0.00000162. The lowest BCUT2D eigenvalue weighted by atomic mass is 10.1. The van der Waals surface area contributed by atoms with E-state index in [0.717, 1.165) is 19.4 Å². The highest BCUT2D eigenvalue weighted by molar-refractivity contribution is 5.85. The third-order valence-corrected chi connectivity index (χ3v) is 3.24. The highest BCUT2D eigenvalue weighted by Crippen LogP contribution is 2.11. The van der Waals surface area contributed by atoms with Crippen LogP contribution in [-0.4, -0.2) is 30.4 Å². The summed E-state index contributed by atoms with van der Waals surface area (Å²) in [7, 11) is 1.88. The van der Waals surface area contributed by atoms with Gasteiger partial charge in [-0.15, -0.1) is 12.4 Å². The van der Waals surface area contributed by atoms with Crippen LogP contribution in [-0.2, 0) is 11.3 Å². The molecule has 0 saturated carbocycles. The summed E-state index contributed by atoms with van der Waals surface area (Å²) < 4.78 is 0. The molecule has 3 nitrogen and oxygen atoms in total. The maximum absolute atomic E-state index is 12.1. The number of carbonyl (C=O) groups excluding carboxylic acids is 1. The molecular weight excluding hydrogens is 248 g/mol. The van der Waals surface area contributed by atoms with Crippen molar-refractivity contribution in [1.29, 1.82) is 0 Å². The first-order valence-corrected chi connectivity index (χ1v) is 6.21. The van der Waals surface area contributed by atoms with Crippen molar-refractivity contribution in [3.63, 3.8) is 0 Å². The first kappa shape index (κ1) is 15.0. The number of hydrogen-bond donors (Lipinski definition) is 1. The average Bonchev–Trinajstić information content (AvgIpc) is 2.81. The molecule has 1 fully saturated rings. The van der Waals surface area contributed by atoms with E-state index in [9.17, 15) is 4.79 Å². The van der Waals surface area contributed by atoms with Gasteiger partial charge in [0, 0.05) is 13.6 Å². The van der Waals surface area contributed by atoms with E-state index >= 15 is 0 Å². The van der Waals surface area contributed by atoms with Gasteiger partial charge in [-0.05, 0) is 31.9 Å². The van der Waals surface area contributed by atoms with Crippen LogP contribution in [0.4, 0.5) is 0 Å². The second kappa shape index (κ2) is 6.76. The lowest BCUT2D eigenvalue weighted by Gasteiger charge is -2.21. The van der Waals surface area contributed by atoms with Gasteiger partial charge in [-0.3, -0.25) is 4.79 Å². The van der Waals surface area contributed by atoms with Crippen LogP contribution in [0.5, 0.6) is 0 Å². The van der Waals surface area contributed by atoms with Crippen LogP contribution in [0.15, 0.2) is 24.3 Å². The SMILES string of the molecule is Cc1cccc(CN(C)C(=O)C2CCCN2)c1.Cl. The van der Waals surface area contributed by atoms with Gasteiger partial charge in [0.1, 0.15) is 0 Å². The Kier molecular flexibility index (Phi) is 5.63. The van der Waals surface area contributed by atoms with E-state index in [1.807, 2.05) is 18.0 Å². The number of likely N-dealkylation sites (N-methyl/N-ethyl adjacent to an activating group) is 1. The monoisotopic (exact) mass is 268 g/mol. The van der Waals surface area contributed by atoms with Crippen LogP contribution in [0.25, 0.3) is 0 Å².